The summed E-state index contributed by atoms with van der Waals surface area (Å²) in [4.78, 5) is 23.7. The van der Waals surface area contributed by atoms with Crippen molar-refractivity contribution in [3.8, 4) is 0 Å². The van der Waals surface area contributed by atoms with E-state index in [0.717, 1.165) is 25.7 Å². The predicted octanol–water partition coefficient (Wildman–Crippen LogP) is 14.6. The summed E-state index contributed by atoms with van der Waals surface area (Å²) in [6, 6.07) is 0. The smallest absolute Gasteiger partial charge is 0.309 e. The van der Waals surface area contributed by atoms with E-state index in [0.29, 0.717) is 25.7 Å². The molecule has 0 saturated heterocycles. The Hall–Kier alpha value is -1.06. The lowest BCUT2D eigenvalue weighted by molar-refractivity contribution is -0.151. The SMILES string of the molecule is CCCCCCCCCCCCCCCCCCC(CCCCCCCCCCCCCCCCCC)(CCCC(=O)O)C(=O)O. The Labute approximate surface area is 288 Å². The average molecular weight is 651 g/mol. The van der Waals surface area contributed by atoms with E-state index in [-0.39, 0.29) is 6.42 Å². The number of carboxylic acid groups (broad SMARTS) is 2. The summed E-state index contributed by atoms with van der Waals surface area (Å²) in [6.07, 6.45) is 44.7. The highest BCUT2D eigenvalue weighted by Crippen LogP contribution is 2.37. The van der Waals surface area contributed by atoms with E-state index in [1.54, 1.807) is 0 Å². The minimum absolute atomic E-state index is 0.0763. The Balaban J connectivity index is 4.03. The molecule has 0 atom stereocenters. The molecule has 0 aromatic heterocycles. The van der Waals surface area contributed by atoms with Gasteiger partial charge in [0.1, 0.15) is 0 Å². The minimum Gasteiger partial charge on any atom is -0.481 e. The third-order valence-electron chi connectivity index (χ3n) is 10.5. The largest absolute Gasteiger partial charge is 0.481 e. The van der Waals surface area contributed by atoms with Gasteiger partial charge in [0.15, 0.2) is 0 Å². The van der Waals surface area contributed by atoms with Crippen molar-refractivity contribution in [2.75, 3.05) is 0 Å². The molecule has 2 N–H and O–H groups in total. The van der Waals surface area contributed by atoms with Crippen LogP contribution in [0.15, 0.2) is 0 Å². The summed E-state index contributed by atoms with van der Waals surface area (Å²) in [5.41, 5.74) is -0.735. The summed E-state index contributed by atoms with van der Waals surface area (Å²) >= 11 is 0. The van der Waals surface area contributed by atoms with Gasteiger partial charge < -0.3 is 10.2 Å². The molecule has 4 nitrogen and oxygen atoms in total. The van der Waals surface area contributed by atoms with Crippen molar-refractivity contribution in [3.63, 3.8) is 0 Å². The molecule has 274 valence electrons. The summed E-state index contributed by atoms with van der Waals surface area (Å²) in [5, 5.41) is 19.4. The first-order chi connectivity index (χ1) is 22.5. The Morgan fingerprint density at radius 1 is 0.348 bits per heavy atom. The highest BCUT2D eigenvalue weighted by Gasteiger charge is 2.36. The van der Waals surface area contributed by atoms with Gasteiger partial charge in [0, 0.05) is 6.42 Å². The first kappa shape index (κ1) is 44.9. The van der Waals surface area contributed by atoms with Crippen LogP contribution >= 0.6 is 0 Å². The zero-order valence-electron chi connectivity index (χ0n) is 31.4. The fourth-order valence-electron chi connectivity index (χ4n) is 7.30. The van der Waals surface area contributed by atoms with E-state index in [4.69, 9.17) is 5.11 Å². The highest BCUT2D eigenvalue weighted by atomic mass is 16.4. The monoisotopic (exact) mass is 651 g/mol. The first-order valence-electron chi connectivity index (χ1n) is 20.9. The molecule has 0 aliphatic rings. The van der Waals surface area contributed by atoms with Crippen molar-refractivity contribution in [2.24, 2.45) is 5.41 Å². The summed E-state index contributed by atoms with van der Waals surface area (Å²) < 4.78 is 0. The van der Waals surface area contributed by atoms with Crippen LogP contribution in [0.3, 0.4) is 0 Å². The normalized spacial score (nSPS) is 11.8. The zero-order chi connectivity index (χ0) is 33.8. The Bertz CT molecular complexity index is 610. The molecule has 0 aliphatic heterocycles. The van der Waals surface area contributed by atoms with E-state index < -0.39 is 17.4 Å². The highest BCUT2D eigenvalue weighted by molar-refractivity contribution is 5.74. The fraction of sp³-hybridized carbons (Fsp3) is 0.952. The van der Waals surface area contributed by atoms with Crippen LogP contribution in [-0.2, 0) is 9.59 Å². The Morgan fingerprint density at radius 2 is 0.565 bits per heavy atom. The number of rotatable bonds is 39. The summed E-state index contributed by atoms with van der Waals surface area (Å²) in [6.45, 7) is 4.56. The summed E-state index contributed by atoms with van der Waals surface area (Å²) in [7, 11) is 0. The maximum absolute atomic E-state index is 12.5. The van der Waals surface area contributed by atoms with Crippen LogP contribution in [-0.4, -0.2) is 22.2 Å². The van der Waals surface area contributed by atoms with Crippen LogP contribution in [0.1, 0.15) is 251 Å². The van der Waals surface area contributed by atoms with Gasteiger partial charge in [-0.3, -0.25) is 9.59 Å². The van der Waals surface area contributed by atoms with E-state index in [1.165, 1.54) is 180 Å². The molecule has 0 rings (SSSR count). The van der Waals surface area contributed by atoms with Crippen LogP contribution in [0, 0.1) is 5.41 Å². The second kappa shape index (κ2) is 35.3. The molecule has 0 bridgehead atoms. The number of carboxylic acids is 2. The van der Waals surface area contributed by atoms with Gasteiger partial charge in [-0.25, -0.2) is 0 Å². The maximum Gasteiger partial charge on any atom is 0.309 e. The molecular weight excluding hydrogens is 568 g/mol. The minimum atomic E-state index is -0.816. The zero-order valence-corrected chi connectivity index (χ0v) is 31.4. The predicted molar refractivity (Wildman–Crippen MR) is 200 cm³/mol. The third-order valence-corrected chi connectivity index (χ3v) is 10.5. The molecule has 0 radical (unpaired) electrons. The molecule has 4 heteroatoms. The van der Waals surface area contributed by atoms with Crippen LogP contribution in [0.2, 0.25) is 0 Å². The molecule has 0 heterocycles. The van der Waals surface area contributed by atoms with Crippen molar-refractivity contribution in [1.29, 1.82) is 0 Å². The number of carbonyl (C=O) groups is 2. The molecule has 0 unspecified atom stereocenters. The van der Waals surface area contributed by atoms with E-state index in [1.807, 2.05) is 0 Å². The van der Waals surface area contributed by atoms with Gasteiger partial charge in [0.05, 0.1) is 5.41 Å². The second-order valence-corrected chi connectivity index (χ2v) is 14.9. The number of unbranched alkanes of at least 4 members (excludes halogenated alkanes) is 30. The molecule has 0 aromatic carbocycles. The molecule has 0 saturated carbocycles. The van der Waals surface area contributed by atoms with E-state index in [9.17, 15) is 14.7 Å². The van der Waals surface area contributed by atoms with Gasteiger partial charge in [-0.2, -0.15) is 0 Å². The van der Waals surface area contributed by atoms with Gasteiger partial charge >= 0.3 is 11.9 Å². The molecule has 0 spiro atoms. The first-order valence-corrected chi connectivity index (χ1v) is 20.9. The lowest BCUT2D eigenvalue weighted by Gasteiger charge is -2.30. The Morgan fingerprint density at radius 3 is 0.783 bits per heavy atom. The van der Waals surface area contributed by atoms with Crippen LogP contribution in [0.25, 0.3) is 0 Å². The van der Waals surface area contributed by atoms with Crippen LogP contribution in [0.4, 0.5) is 0 Å². The quantitative estimate of drug-likeness (QED) is 0.0649. The lowest BCUT2D eigenvalue weighted by Crippen LogP contribution is -2.31. The molecule has 0 aromatic rings. The van der Waals surface area contributed by atoms with Crippen molar-refractivity contribution >= 4 is 11.9 Å². The topological polar surface area (TPSA) is 74.6 Å². The van der Waals surface area contributed by atoms with Crippen LogP contribution in [0.5, 0.6) is 0 Å². The molecule has 0 aliphatic carbocycles. The number of hydrogen-bond donors (Lipinski definition) is 2. The number of aliphatic carboxylic acids is 2. The third kappa shape index (κ3) is 30.3. The van der Waals surface area contributed by atoms with Crippen LogP contribution < -0.4 is 0 Å². The van der Waals surface area contributed by atoms with Crippen molar-refractivity contribution < 1.29 is 19.8 Å². The van der Waals surface area contributed by atoms with E-state index in [2.05, 4.69) is 13.8 Å². The Kier molecular flexibility index (Phi) is 34.4. The molecule has 46 heavy (non-hydrogen) atoms. The second-order valence-electron chi connectivity index (χ2n) is 14.9. The maximum atomic E-state index is 12.5. The average Bonchev–Trinajstić information content (AvgIpc) is 3.03. The van der Waals surface area contributed by atoms with Gasteiger partial charge in [0.25, 0.3) is 0 Å². The molecular formula is C42H82O4. The standard InChI is InChI=1S/C42H82O4/c1-3-5-7-9-11-13-15-17-19-21-23-25-27-29-31-33-37-42(41(45)46,39-35-36-40(43)44)38-34-32-30-28-26-24-22-20-18-16-14-12-10-8-6-4-2/h3-39H2,1-2H3,(H,43,44)(H,45,46). The van der Waals surface area contributed by atoms with Gasteiger partial charge in [-0.15, -0.1) is 0 Å². The summed E-state index contributed by atoms with van der Waals surface area (Å²) in [5.74, 6) is -1.51. The van der Waals surface area contributed by atoms with Gasteiger partial charge in [-0.05, 0) is 25.7 Å². The number of hydrogen-bond acceptors (Lipinski definition) is 2. The van der Waals surface area contributed by atoms with Crippen molar-refractivity contribution in [3.05, 3.63) is 0 Å². The molecule has 0 fully saturated rings. The molecule has 0 amide bonds. The van der Waals surface area contributed by atoms with Crippen molar-refractivity contribution in [2.45, 2.75) is 251 Å². The lowest BCUT2D eigenvalue weighted by atomic mass is 9.74. The van der Waals surface area contributed by atoms with Crippen molar-refractivity contribution in [1.82, 2.24) is 0 Å². The fourth-order valence-corrected chi connectivity index (χ4v) is 7.30. The van der Waals surface area contributed by atoms with E-state index >= 15 is 0 Å². The van der Waals surface area contributed by atoms with Gasteiger partial charge in [-0.1, -0.05) is 219 Å². The van der Waals surface area contributed by atoms with Gasteiger partial charge in [0.2, 0.25) is 0 Å².